The van der Waals surface area contributed by atoms with Gasteiger partial charge in [0.15, 0.2) is 11.6 Å². The number of methoxy groups -OCH3 is 1. The van der Waals surface area contributed by atoms with Crippen LogP contribution in [-0.2, 0) is 6.42 Å². The number of aryl methyl sites for hydroxylation is 2. The summed E-state index contributed by atoms with van der Waals surface area (Å²) in [6.07, 6.45) is 0.604. The number of hydrogen-bond donors (Lipinski definition) is 1. The van der Waals surface area contributed by atoms with Crippen LogP contribution in [0.2, 0.25) is 0 Å². The Morgan fingerprint density at radius 2 is 1.80 bits per heavy atom. The van der Waals surface area contributed by atoms with Crippen LogP contribution in [0, 0.1) is 19.7 Å². The van der Waals surface area contributed by atoms with E-state index in [2.05, 4.69) is 26.0 Å². The molecule has 0 saturated carbocycles. The van der Waals surface area contributed by atoms with Gasteiger partial charge in [-0.05, 0) is 54.7 Å². The Kier molecular flexibility index (Phi) is 4.40. The Bertz CT molecular complexity index is 590. The van der Waals surface area contributed by atoms with Crippen LogP contribution < -0.4 is 10.5 Å². The molecule has 2 nitrogen and oxygen atoms in total. The summed E-state index contributed by atoms with van der Waals surface area (Å²) in [5, 5.41) is 0. The molecule has 0 bridgehead atoms. The van der Waals surface area contributed by atoms with Gasteiger partial charge in [0, 0.05) is 6.04 Å². The molecule has 2 aromatic rings. The molecule has 0 radical (unpaired) electrons. The second kappa shape index (κ2) is 6.06. The predicted molar refractivity (Wildman–Crippen MR) is 79.5 cm³/mol. The summed E-state index contributed by atoms with van der Waals surface area (Å²) in [5.74, 6) is -0.0897. The quantitative estimate of drug-likeness (QED) is 0.922. The normalized spacial score (nSPS) is 12.2. The Morgan fingerprint density at radius 1 is 1.15 bits per heavy atom. The Morgan fingerprint density at radius 3 is 2.35 bits per heavy atom. The van der Waals surface area contributed by atoms with Crippen molar-refractivity contribution in [3.63, 3.8) is 0 Å². The van der Waals surface area contributed by atoms with Gasteiger partial charge in [0.2, 0.25) is 0 Å². The molecule has 0 heterocycles. The molecule has 0 aliphatic carbocycles. The molecule has 20 heavy (non-hydrogen) atoms. The SMILES string of the molecule is COc1ccc(CC(N)c2c(C)cccc2C)cc1F. The van der Waals surface area contributed by atoms with Gasteiger partial charge in [-0.2, -0.15) is 0 Å². The molecule has 0 amide bonds. The van der Waals surface area contributed by atoms with Gasteiger partial charge in [-0.3, -0.25) is 0 Å². The number of halogens is 1. The summed E-state index contributed by atoms with van der Waals surface area (Å²) in [4.78, 5) is 0. The molecule has 0 spiro atoms. The first-order chi connectivity index (χ1) is 9.52. The van der Waals surface area contributed by atoms with E-state index >= 15 is 0 Å². The maximum Gasteiger partial charge on any atom is 0.165 e. The largest absolute Gasteiger partial charge is 0.494 e. The van der Waals surface area contributed by atoms with E-state index in [1.54, 1.807) is 6.07 Å². The molecule has 0 aliphatic heterocycles. The lowest BCUT2D eigenvalue weighted by molar-refractivity contribution is 0.386. The molecular weight excluding hydrogens is 253 g/mol. The first-order valence-corrected chi connectivity index (χ1v) is 6.67. The van der Waals surface area contributed by atoms with Crippen molar-refractivity contribution in [1.82, 2.24) is 0 Å². The van der Waals surface area contributed by atoms with E-state index in [0.717, 1.165) is 11.1 Å². The zero-order chi connectivity index (χ0) is 14.7. The maximum atomic E-state index is 13.7. The Hall–Kier alpha value is -1.87. The van der Waals surface area contributed by atoms with E-state index in [1.807, 2.05) is 12.1 Å². The number of benzene rings is 2. The van der Waals surface area contributed by atoms with E-state index in [4.69, 9.17) is 10.5 Å². The Labute approximate surface area is 119 Å². The van der Waals surface area contributed by atoms with Crippen LogP contribution in [0.3, 0.4) is 0 Å². The molecule has 1 atom stereocenters. The fourth-order valence-corrected chi connectivity index (χ4v) is 2.61. The highest BCUT2D eigenvalue weighted by molar-refractivity contribution is 5.38. The molecule has 2 N–H and O–H groups in total. The van der Waals surface area contributed by atoms with Crippen molar-refractivity contribution in [1.29, 1.82) is 0 Å². The monoisotopic (exact) mass is 273 g/mol. The smallest absolute Gasteiger partial charge is 0.165 e. The molecular formula is C17H20FNO. The molecule has 0 aromatic heterocycles. The zero-order valence-corrected chi connectivity index (χ0v) is 12.1. The number of hydrogen-bond acceptors (Lipinski definition) is 2. The van der Waals surface area contributed by atoms with Gasteiger partial charge in [-0.25, -0.2) is 4.39 Å². The van der Waals surface area contributed by atoms with E-state index < -0.39 is 0 Å². The highest BCUT2D eigenvalue weighted by Crippen LogP contribution is 2.25. The number of rotatable bonds is 4. The first-order valence-electron chi connectivity index (χ1n) is 6.67. The average molecular weight is 273 g/mol. The highest BCUT2D eigenvalue weighted by atomic mass is 19.1. The molecule has 3 heteroatoms. The van der Waals surface area contributed by atoms with Gasteiger partial charge >= 0.3 is 0 Å². The van der Waals surface area contributed by atoms with Crippen molar-refractivity contribution in [3.05, 3.63) is 64.5 Å². The lowest BCUT2D eigenvalue weighted by Gasteiger charge is -2.18. The first kappa shape index (κ1) is 14.5. The number of ether oxygens (including phenoxy) is 1. The van der Waals surface area contributed by atoms with Crippen molar-refractivity contribution in [2.45, 2.75) is 26.3 Å². The summed E-state index contributed by atoms with van der Waals surface area (Å²) in [6.45, 7) is 4.10. The summed E-state index contributed by atoms with van der Waals surface area (Å²) in [6, 6.07) is 11.0. The topological polar surface area (TPSA) is 35.2 Å². The molecule has 2 aromatic carbocycles. The van der Waals surface area contributed by atoms with Gasteiger partial charge in [0.05, 0.1) is 7.11 Å². The van der Waals surface area contributed by atoms with Crippen molar-refractivity contribution in [2.75, 3.05) is 7.11 Å². The summed E-state index contributed by atoms with van der Waals surface area (Å²) < 4.78 is 18.6. The fourth-order valence-electron chi connectivity index (χ4n) is 2.61. The average Bonchev–Trinajstić information content (AvgIpc) is 2.38. The lowest BCUT2D eigenvalue weighted by Crippen LogP contribution is -2.16. The summed E-state index contributed by atoms with van der Waals surface area (Å²) >= 11 is 0. The predicted octanol–water partition coefficient (Wildman–Crippen LogP) is 3.69. The number of nitrogens with two attached hydrogens (primary N) is 1. The maximum absolute atomic E-state index is 13.7. The van der Waals surface area contributed by atoms with Gasteiger partial charge in [-0.15, -0.1) is 0 Å². The molecule has 1 unspecified atom stereocenters. The van der Waals surface area contributed by atoms with Gasteiger partial charge < -0.3 is 10.5 Å². The third-order valence-electron chi connectivity index (χ3n) is 3.58. The van der Waals surface area contributed by atoms with Crippen LogP contribution in [0.1, 0.15) is 28.3 Å². The summed E-state index contributed by atoms with van der Waals surface area (Å²) in [5.41, 5.74) is 10.7. The van der Waals surface area contributed by atoms with E-state index in [0.29, 0.717) is 6.42 Å². The molecule has 106 valence electrons. The van der Waals surface area contributed by atoms with Gasteiger partial charge in [-0.1, -0.05) is 24.3 Å². The van der Waals surface area contributed by atoms with Crippen LogP contribution in [0.25, 0.3) is 0 Å². The summed E-state index contributed by atoms with van der Waals surface area (Å²) in [7, 11) is 1.46. The van der Waals surface area contributed by atoms with E-state index in [-0.39, 0.29) is 17.6 Å². The molecule has 0 aliphatic rings. The lowest BCUT2D eigenvalue weighted by atomic mass is 9.92. The minimum absolute atomic E-state index is 0.135. The van der Waals surface area contributed by atoms with Crippen molar-refractivity contribution in [3.8, 4) is 5.75 Å². The minimum atomic E-state index is -0.348. The van der Waals surface area contributed by atoms with Crippen molar-refractivity contribution >= 4 is 0 Å². The van der Waals surface area contributed by atoms with Crippen molar-refractivity contribution < 1.29 is 9.13 Å². The Balaban J connectivity index is 2.23. The third kappa shape index (κ3) is 2.99. The second-order valence-electron chi connectivity index (χ2n) is 5.08. The van der Waals surface area contributed by atoms with Gasteiger partial charge in [0.1, 0.15) is 0 Å². The van der Waals surface area contributed by atoms with Gasteiger partial charge in [0.25, 0.3) is 0 Å². The molecule has 0 fully saturated rings. The zero-order valence-electron chi connectivity index (χ0n) is 12.1. The van der Waals surface area contributed by atoms with Crippen molar-refractivity contribution in [2.24, 2.45) is 5.73 Å². The standard InChI is InChI=1S/C17H20FNO/c1-11-5-4-6-12(2)17(11)15(19)10-13-7-8-16(20-3)14(18)9-13/h4-9,15H,10,19H2,1-3H3. The van der Waals surface area contributed by atoms with Crippen LogP contribution in [-0.4, -0.2) is 7.11 Å². The fraction of sp³-hybridized carbons (Fsp3) is 0.294. The van der Waals surface area contributed by atoms with Crippen LogP contribution in [0.4, 0.5) is 4.39 Å². The third-order valence-corrected chi connectivity index (χ3v) is 3.58. The van der Waals surface area contributed by atoms with E-state index in [9.17, 15) is 4.39 Å². The minimum Gasteiger partial charge on any atom is -0.494 e. The molecule has 2 rings (SSSR count). The van der Waals surface area contributed by atoms with Crippen LogP contribution >= 0.6 is 0 Å². The van der Waals surface area contributed by atoms with Crippen LogP contribution in [0.15, 0.2) is 36.4 Å². The second-order valence-corrected chi connectivity index (χ2v) is 5.08. The van der Waals surface area contributed by atoms with E-state index in [1.165, 1.54) is 24.3 Å². The van der Waals surface area contributed by atoms with Crippen LogP contribution in [0.5, 0.6) is 5.75 Å². The molecule has 0 saturated heterocycles. The highest BCUT2D eigenvalue weighted by Gasteiger charge is 2.13.